The van der Waals surface area contributed by atoms with E-state index in [-0.39, 0.29) is 24.7 Å². The zero-order valence-electron chi connectivity index (χ0n) is 14.7. The Morgan fingerprint density at radius 3 is 2.50 bits per heavy atom. The van der Waals surface area contributed by atoms with Gasteiger partial charge in [-0.2, -0.15) is 5.10 Å². The smallest absolute Gasteiger partial charge is 0.320 e. The number of aromatic nitrogens is 2. The molecule has 0 unspecified atom stereocenters. The monoisotopic (exact) mass is 359 g/mol. The Kier molecular flexibility index (Phi) is 4.76. The molecule has 8 nitrogen and oxygen atoms in total. The topological polar surface area (TPSA) is 107 Å². The number of hydrogen-bond donors (Lipinski definition) is 3. The molecule has 140 valence electrons. The molecule has 3 aliphatic carbocycles. The number of carbonyl (C=O) groups is 2. The molecule has 2 amide bonds. The van der Waals surface area contributed by atoms with Crippen molar-refractivity contribution in [1.82, 2.24) is 20.4 Å². The minimum atomic E-state index is -0.784. The van der Waals surface area contributed by atoms with Gasteiger partial charge in [0, 0.05) is 24.5 Å². The standard InChI is InChI=1S/C18H25N5O3/c24-17(25)10-23(9-11-1-2-11)14-7-13(8-14)19-18(26)20-16-6-5-15(21-22-16)12-3-4-12/h5-6,11-14H,1-4,7-10H2,(H,24,25)(H2,19,20,22,26). The van der Waals surface area contributed by atoms with Gasteiger partial charge in [0.1, 0.15) is 0 Å². The molecule has 1 aromatic rings. The van der Waals surface area contributed by atoms with Crippen molar-refractivity contribution in [3.63, 3.8) is 0 Å². The lowest BCUT2D eigenvalue weighted by atomic mass is 9.85. The van der Waals surface area contributed by atoms with E-state index >= 15 is 0 Å². The van der Waals surface area contributed by atoms with E-state index in [4.69, 9.17) is 5.11 Å². The van der Waals surface area contributed by atoms with Crippen LogP contribution in [-0.2, 0) is 4.79 Å². The van der Waals surface area contributed by atoms with E-state index in [0.29, 0.717) is 17.7 Å². The fraction of sp³-hybridized carbons (Fsp3) is 0.667. The Morgan fingerprint density at radius 2 is 1.92 bits per heavy atom. The van der Waals surface area contributed by atoms with Gasteiger partial charge in [-0.05, 0) is 56.6 Å². The van der Waals surface area contributed by atoms with E-state index in [2.05, 4.69) is 25.7 Å². The maximum absolute atomic E-state index is 12.1. The molecule has 4 rings (SSSR count). The van der Waals surface area contributed by atoms with Crippen LogP contribution in [0.3, 0.4) is 0 Å². The Labute approximate surface area is 152 Å². The molecule has 0 radical (unpaired) electrons. The number of nitrogens with one attached hydrogen (secondary N) is 2. The average Bonchev–Trinajstić information content (AvgIpc) is 3.43. The number of aliphatic carboxylic acids is 1. The number of anilines is 1. The highest BCUT2D eigenvalue weighted by molar-refractivity contribution is 5.88. The molecule has 0 atom stereocenters. The summed E-state index contributed by atoms with van der Waals surface area (Å²) in [5.74, 6) is 0.862. The second kappa shape index (κ2) is 7.19. The van der Waals surface area contributed by atoms with Crippen LogP contribution in [0.15, 0.2) is 12.1 Å². The molecule has 0 aromatic carbocycles. The van der Waals surface area contributed by atoms with E-state index in [9.17, 15) is 9.59 Å². The van der Waals surface area contributed by atoms with Crippen LogP contribution in [0.5, 0.6) is 0 Å². The van der Waals surface area contributed by atoms with Crippen LogP contribution in [0.2, 0.25) is 0 Å². The predicted octanol–water partition coefficient (Wildman–Crippen LogP) is 1.80. The van der Waals surface area contributed by atoms with Gasteiger partial charge in [-0.1, -0.05) is 0 Å². The van der Waals surface area contributed by atoms with Crippen LogP contribution in [0, 0.1) is 5.92 Å². The van der Waals surface area contributed by atoms with Gasteiger partial charge in [-0.25, -0.2) is 4.79 Å². The van der Waals surface area contributed by atoms with Crippen molar-refractivity contribution in [2.24, 2.45) is 5.92 Å². The van der Waals surface area contributed by atoms with Crippen molar-refractivity contribution < 1.29 is 14.7 Å². The zero-order valence-corrected chi connectivity index (χ0v) is 14.7. The Morgan fingerprint density at radius 1 is 1.15 bits per heavy atom. The number of carbonyl (C=O) groups excluding carboxylic acids is 1. The first-order valence-corrected chi connectivity index (χ1v) is 9.44. The third-order valence-corrected chi connectivity index (χ3v) is 5.42. The van der Waals surface area contributed by atoms with Gasteiger partial charge < -0.3 is 10.4 Å². The molecule has 3 fully saturated rings. The van der Waals surface area contributed by atoms with Crippen LogP contribution >= 0.6 is 0 Å². The molecule has 3 N–H and O–H groups in total. The summed E-state index contributed by atoms with van der Waals surface area (Å²) in [4.78, 5) is 25.2. The first-order valence-electron chi connectivity index (χ1n) is 9.44. The van der Waals surface area contributed by atoms with Crippen LogP contribution in [0.4, 0.5) is 10.6 Å². The third-order valence-electron chi connectivity index (χ3n) is 5.42. The van der Waals surface area contributed by atoms with Gasteiger partial charge in [0.15, 0.2) is 5.82 Å². The summed E-state index contributed by atoms with van der Waals surface area (Å²) in [5.41, 5.74) is 0.993. The summed E-state index contributed by atoms with van der Waals surface area (Å²) in [5, 5.41) is 22.9. The summed E-state index contributed by atoms with van der Waals surface area (Å²) >= 11 is 0. The summed E-state index contributed by atoms with van der Waals surface area (Å²) < 4.78 is 0. The van der Waals surface area contributed by atoms with E-state index in [1.807, 2.05) is 6.07 Å². The lowest BCUT2D eigenvalue weighted by molar-refractivity contribution is -0.139. The van der Waals surface area contributed by atoms with Crippen LogP contribution in [0.1, 0.15) is 50.1 Å². The Hall–Kier alpha value is -2.22. The molecule has 26 heavy (non-hydrogen) atoms. The maximum Gasteiger partial charge on any atom is 0.320 e. The van der Waals surface area contributed by atoms with Crippen LogP contribution < -0.4 is 10.6 Å². The molecule has 3 aliphatic rings. The minimum Gasteiger partial charge on any atom is -0.480 e. The Balaban J connectivity index is 1.21. The van der Waals surface area contributed by atoms with Crippen molar-refractivity contribution in [2.45, 2.75) is 56.5 Å². The molecule has 0 spiro atoms. The lowest BCUT2D eigenvalue weighted by Crippen LogP contribution is -2.55. The van der Waals surface area contributed by atoms with Crippen molar-refractivity contribution in [1.29, 1.82) is 0 Å². The third kappa shape index (κ3) is 4.49. The van der Waals surface area contributed by atoms with Gasteiger partial charge >= 0.3 is 12.0 Å². The predicted molar refractivity (Wildman–Crippen MR) is 94.9 cm³/mol. The largest absolute Gasteiger partial charge is 0.480 e. The molecule has 0 saturated heterocycles. The van der Waals surface area contributed by atoms with Gasteiger partial charge in [-0.3, -0.25) is 15.0 Å². The van der Waals surface area contributed by atoms with Gasteiger partial charge in [0.2, 0.25) is 0 Å². The highest BCUT2D eigenvalue weighted by atomic mass is 16.4. The molecule has 0 bridgehead atoms. The highest BCUT2D eigenvalue weighted by Crippen LogP contribution is 2.38. The molecule has 3 saturated carbocycles. The van der Waals surface area contributed by atoms with Crippen LogP contribution in [-0.4, -0.2) is 57.4 Å². The number of amides is 2. The molecular weight excluding hydrogens is 334 g/mol. The Bertz CT molecular complexity index is 666. The summed E-state index contributed by atoms with van der Waals surface area (Å²) in [6, 6.07) is 3.74. The van der Waals surface area contributed by atoms with E-state index in [1.165, 1.54) is 25.7 Å². The fourth-order valence-electron chi connectivity index (χ4n) is 3.50. The SMILES string of the molecule is O=C(O)CN(CC1CC1)C1CC(NC(=O)Nc2ccc(C3CC3)nn2)C1. The highest BCUT2D eigenvalue weighted by Gasteiger charge is 2.37. The van der Waals surface area contributed by atoms with Crippen molar-refractivity contribution in [3.05, 3.63) is 17.8 Å². The molecule has 1 aromatic heterocycles. The first kappa shape index (κ1) is 17.2. The molecule has 8 heteroatoms. The van der Waals surface area contributed by atoms with E-state index in [0.717, 1.165) is 25.1 Å². The van der Waals surface area contributed by atoms with Crippen molar-refractivity contribution in [3.8, 4) is 0 Å². The molecule has 1 heterocycles. The number of rotatable bonds is 8. The fourth-order valence-corrected chi connectivity index (χ4v) is 3.50. The number of carboxylic acid groups (broad SMARTS) is 1. The number of nitrogens with zero attached hydrogens (tertiary/aromatic N) is 3. The maximum atomic E-state index is 12.1. The quantitative estimate of drug-likeness (QED) is 0.653. The van der Waals surface area contributed by atoms with Crippen molar-refractivity contribution in [2.75, 3.05) is 18.4 Å². The van der Waals surface area contributed by atoms with Crippen LogP contribution in [0.25, 0.3) is 0 Å². The summed E-state index contributed by atoms with van der Waals surface area (Å²) in [6.45, 7) is 0.946. The number of hydrogen-bond acceptors (Lipinski definition) is 5. The van der Waals surface area contributed by atoms with Gasteiger partial charge in [0.05, 0.1) is 12.2 Å². The zero-order chi connectivity index (χ0) is 18.1. The van der Waals surface area contributed by atoms with E-state index in [1.54, 1.807) is 6.07 Å². The first-order chi connectivity index (χ1) is 12.6. The average molecular weight is 359 g/mol. The number of carboxylic acids is 1. The number of urea groups is 1. The summed E-state index contributed by atoms with van der Waals surface area (Å²) in [7, 11) is 0. The van der Waals surface area contributed by atoms with Gasteiger partial charge in [-0.15, -0.1) is 5.10 Å². The lowest BCUT2D eigenvalue weighted by Gasteiger charge is -2.42. The van der Waals surface area contributed by atoms with Gasteiger partial charge in [0.25, 0.3) is 0 Å². The molecular formula is C18H25N5O3. The van der Waals surface area contributed by atoms with E-state index < -0.39 is 5.97 Å². The second-order valence-corrected chi connectivity index (χ2v) is 7.80. The summed E-state index contributed by atoms with van der Waals surface area (Å²) in [6.07, 6.45) is 6.33. The second-order valence-electron chi connectivity index (χ2n) is 7.80. The van der Waals surface area contributed by atoms with Crippen molar-refractivity contribution >= 4 is 17.8 Å². The molecule has 0 aliphatic heterocycles. The normalized spacial score (nSPS) is 24.8. The minimum absolute atomic E-state index is 0.0780.